The predicted molar refractivity (Wildman–Crippen MR) is 73.4 cm³/mol. The van der Waals surface area contributed by atoms with Crippen LogP contribution in [-0.2, 0) is 16.8 Å². The van der Waals surface area contributed by atoms with E-state index in [0.29, 0.717) is 11.3 Å². The molecule has 1 aliphatic carbocycles. The molecule has 0 unspecified atom stereocenters. The third kappa shape index (κ3) is 2.54. The molecule has 0 atom stereocenters. The first kappa shape index (κ1) is 12.8. The van der Waals surface area contributed by atoms with Gasteiger partial charge in [0, 0.05) is 17.5 Å². The predicted octanol–water partition coefficient (Wildman–Crippen LogP) is 2.57. The Hall–Kier alpha value is -2.23. The highest BCUT2D eigenvalue weighted by Crippen LogP contribution is 2.46. The molecule has 1 heterocycles. The van der Waals surface area contributed by atoms with E-state index in [1.165, 1.54) is 6.07 Å². The number of nitrogens with one attached hydrogen (secondary N) is 1. The van der Waals surface area contributed by atoms with Crippen LogP contribution in [0.2, 0.25) is 0 Å². The molecule has 0 aliphatic heterocycles. The zero-order valence-corrected chi connectivity index (χ0v) is 11.0. The number of aromatic nitrogens is 1. The standard InChI is InChI=1S/C16H15FN2O/c17-14-7-2-1-6-13(14)16(8-9-16)19-15(20)11-12-5-3-4-10-18-12/h1-7,10H,8-9,11H2,(H,19,20). The molecule has 4 heteroatoms. The monoisotopic (exact) mass is 270 g/mol. The number of hydrogen-bond acceptors (Lipinski definition) is 2. The Labute approximate surface area is 116 Å². The summed E-state index contributed by atoms with van der Waals surface area (Å²) in [6.45, 7) is 0. The van der Waals surface area contributed by atoms with Gasteiger partial charge >= 0.3 is 0 Å². The maximum absolute atomic E-state index is 13.8. The minimum absolute atomic E-state index is 0.121. The van der Waals surface area contributed by atoms with Crippen LogP contribution in [0.4, 0.5) is 4.39 Å². The quantitative estimate of drug-likeness (QED) is 0.927. The number of carbonyl (C=O) groups is 1. The van der Waals surface area contributed by atoms with Crippen LogP contribution in [0.1, 0.15) is 24.1 Å². The van der Waals surface area contributed by atoms with Crippen molar-refractivity contribution in [2.75, 3.05) is 0 Å². The number of nitrogens with zero attached hydrogens (tertiary/aromatic N) is 1. The number of pyridine rings is 1. The van der Waals surface area contributed by atoms with Crippen molar-refractivity contribution in [1.82, 2.24) is 10.3 Å². The van der Waals surface area contributed by atoms with E-state index in [4.69, 9.17) is 0 Å². The Morgan fingerprint density at radius 2 is 1.95 bits per heavy atom. The lowest BCUT2D eigenvalue weighted by molar-refractivity contribution is -0.121. The first-order chi connectivity index (χ1) is 9.70. The molecular weight excluding hydrogens is 255 g/mol. The maximum atomic E-state index is 13.8. The molecule has 1 amide bonds. The Bertz CT molecular complexity index is 623. The van der Waals surface area contributed by atoms with E-state index in [1.807, 2.05) is 18.2 Å². The number of hydrogen-bond donors (Lipinski definition) is 1. The third-order valence-electron chi connectivity index (χ3n) is 3.59. The van der Waals surface area contributed by atoms with Crippen molar-refractivity contribution in [3.8, 4) is 0 Å². The first-order valence-electron chi connectivity index (χ1n) is 6.66. The van der Waals surface area contributed by atoms with Crippen LogP contribution in [0.5, 0.6) is 0 Å². The highest BCUT2D eigenvalue weighted by atomic mass is 19.1. The Kier molecular flexibility index (Phi) is 3.22. The zero-order chi connectivity index (χ0) is 14.0. The van der Waals surface area contributed by atoms with E-state index in [-0.39, 0.29) is 18.1 Å². The summed E-state index contributed by atoms with van der Waals surface area (Å²) in [6, 6.07) is 12.1. The van der Waals surface area contributed by atoms with Gasteiger partial charge in [0.25, 0.3) is 0 Å². The van der Waals surface area contributed by atoms with Crippen LogP contribution >= 0.6 is 0 Å². The lowest BCUT2D eigenvalue weighted by Crippen LogP contribution is -2.36. The lowest BCUT2D eigenvalue weighted by atomic mass is 10.0. The van der Waals surface area contributed by atoms with Crippen molar-refractivity contribution < 1.29 is 9.18 Å². The number of carbonyl (C=O) groups excluding carboxylic acids is 1. The summed E-state index contributed by atoms with van der Waals surface area (Å²) in [6.07, 6.45) is 3.44. The van der Waals surface area contributed by atoms with Crippen molar-refractivity contribution >= 4 is 5.91 Å². The van der Waals surface area contributed by atoms with Crippen LogP contribution in [0, 0.1) is 5.82 Å². The van der Waals surface area contributed by atoms with Gasteiger partial charge in [0.2, 0.25) is 5.91 Å². The molecule has 1 N–H and O–H groups in total. The minimum atomic E-state index is -0.517. The van der Waals surface area contributed by atoms with E-state index >= 15 is 0 Å². The fourth-order valence-electron chi connectivity index (χ4n) is 2.41. The molecular formula is C16H15FN2O. The molecule has 1 aromatic heterocycles. The second-order valence-electron chi connectivity index (χ2n) is 5.11. The molecule has 2 aromatic rings. The average Bonchev–Trinajstić information content (AvgIpc) is 3.20. The summed E-state index contributed by atoms with van der Waals surface area (Å²) in [5.41, 5.74) is 0.778. The maximum Gasteiger partial charge on any atom is 0.226 e. The molecule has 0 radical (unpaired) electrons. The Balaban J connectivity index is 1.72. The second-order valence-corrected chi connectivity index (χ2v) is 5.11. The highest BCUT2D eigenvalue weighted by molar-refractivity contribution is 5.79. The van der Waals surface area contributed by atoms with Crippen molar-refractivity contribution in [2.45, 2.75) is 24.8 Å². The minimum Gasteiger partial charge on any atom is -0.346 e. The largest absolute Gasteiger partial charge is 0.346 e. The molecule has 1 fully saturated rings. The number of rotatable bonds is 4. The zero-order valence-electron chi connectivity index (χ0n) is 11.0. The van der Waals surface area contributed by atoms with E-state index in [1.54, 1.807) is 24.4 Å². The van der Waals surface area contributed by atoms with Crippen LogP contribution < -0.4 is 5.32 Å². The molecule has 1 saturated carbocycles. The fraction of sp³-hybridized carbons (Fsp3) is 0.250. The average molecular weight is 270 g/mol. The molecule has 3 rings (SSSR count). The Morgan fingerprint density at radius 3 is 2.60 bits per heavy atom. The number of halogens is 1. The molecule has 1 aliphatic rings. The highest BCUT2D eigenvalue weighted by Gasteiger charge is 2.47. The SMILES string of the molecule is O=C(Cc1ccccn1)NC1(c2ccccc2F)CC1. The second kappa shape index (κ2) is 5.04. The molecule has 102 valence electrons. The smallest absolute Gasteiger partial charge is 0.226 e. The van der Waals surface area contributed by atoms with Gasteiger partial charge in [-0.2, -0.15) is 0 Å². The molecule has 3 nitrogen and oxygen atoms in total. The first-order valence-corrected chi connectivity index (χ1v) is 6.66. The fourth-order valence-corrected chi connectivity index (χ4v) is 2.41. The van der Waals surface area contributed by atoms with Gasteiger partial charge in [0.15, 0.2) is 0 Å². The van der Waals surface area contributed by atoms with Crippen molar-refractivity contribution in [3.63, 3.8) is 0 Å². The van der Waals surface area contributed by atoms with Crippen molar-refractivity contribution in [3.05, 3.63) is 65.7 Å². The van der Waals surface area contributed by atoms with Crippen molar-refractivity contribution in [1.29, 1.82) is 0 Å². The van der Waals surface area contributed by atoms with E-state index in [0.717, 1.165) is 12.8 Å². The van der Waals surface area contributed by atoms with Gasteiger partial charge in [-0.3, -0.25) is 9.78 Å². The molecule has 0 saturated heterocycles. The van der Waals surface area contributed by atoms with Crippen LogP contribution in [0.15, 0.2) is 48.7 Å². The number of amides is 1. The molecule has 0 spiro atoms. The van der Waals surface area contributed by atoms with Gasteiger partial charge < -0.3 is 5.32 Å². The van der Waals surface area contributed by atoms with Gasteiger partial charge in [-0.1, -0.05) is 24.3 Å². The summed E-state index contributed by atoms with van der Waals surface area (Å²) < 4.78 is 13.8. The van der Waals surface area contributed by atoms with Gasteiger partial charge in [0.1, 0.15) is 5.82 Å². The summed E-state index contributed by atoms with van der Waals surface area (Å²) >= 11 is 0. The van der Waals surface area contributed by atoms with Gasteiger partial charge in [0.05, 0.1) is 12.0 Å². The van der Waals surface area contributed by atoms with Gasteiger partial charge in [-0.15, -0.1) is 0 Å². The van der Waals surface area contributed by atoms with Gasteiger partial charge in [-0.25, -0.2) is 4.39 Å². The summed E-state index contributed by atoms with van der Waals surface area (Å²) in [5, 5.41) is 2.95. The Morgan fingerprint density at radius 1 is 1.20 bits per heavy atom. The van der Waals surface area contributed by atoms with E-state index < -0.39 is 5.54 Å². The van der Waals surface area contributed by atoms with Crippen molar-refractivity contribution in [2.24, 2.45) is 0 Å². The van der Waals surface area contributed by atoms with Crippen LogP contribution in [-0.4, -0.2) is 10.9 Å². The summed E-state index contributed by atoms with van der Waals surface area (Å²) in [4.78, 5) is 16.2. The summed E-state index contributed by atoms with van der Waals surface area (Å²) in [7, 11) is 0. The lowest BCUT2D eigenvalue weighted by Gasteiger charge is -2.18. The van der Waals surface area contributed by atoms with Crippen LogP contribution in [0.3, 0.4) is 0 Å². The molecule has 20 heavy (non-hydrogen) atoms. The van der Waals surface area contributed by atoms with Crippen LogP contribution in [0.25, 0.3) is 0 Å². The molecule has 0 bridgehead atoms. The van der Waals surface area contributed by atoms with E-state index in [2.05, 4.69) is 10.3 Å². The summed E-state index contributed by atoms with van der Waals surface area (Å²) in [5.74, 6) is -0.382. The molecule has 1 aromatic carbocycles. The van der Waals surface area contributed by atoms with Gasteiger partial charge in [-0.05, 0) is 31.0 Å². The normalized spacial score (nSPS) is 15.7. The topological polar surface area (TPSA) is 42.0 Å². The number of benzene rings is 1. The third-order valence-corrected chi connectivity index (χ3v) is 3.59. The van der Waals surface area contributed by atoms with E-state index in [9.17, 15) is 9.18 Å².